The first kappa shape index (κ1) is 20.2. The van der Waals surface area contributed by atoms with Gasteiger partial charge >= 0.3 is 6.03 Å². The van der Waals surface area contributed by atoms with Gasteiger partial charge in [0.25, 0.3) is 0 Å². The molecule has 29 heavy (non-hydrogen) atoms. The average molecular weight is 412 g/mol. The Labute approximate surface area is 172 Å². The summed E-state index contributed by atoms with van der Waals surface area (Å²) in [6, 6.07) is 15.1. The number of aromatic nitrogens is 2. The van der Waals surface area contributed by atoms with Crippen LogP contribution in [0.4, 0.5) is 10.5 Å². The molecule has 0 atom stereocenters. The van der Waals surface area contributed by atoms with Crippen molar-refractivity contribution in [2.24, 2.45) is 11.7 Å². The Balaban J connectivity index is 1.83. The number of amides is 2. The van der Waals surface area contributed by atoms with E-state index < -0.39 is 6.03 Å². The highest BCUT2D eigenvalue weighted by Gasteiger charge is 2.20. The first-order valence-electron chi connectivity index (χ1n) is 8.44. The van der Waals surface area contributed by atoms with Crippen LogP contribution in [0.15, 0.2) is 54.7 Å². The maximum Gasteiger partial charge on any atom is 0.352 e. The van der Waals surface area contributed by atoms with Crippen LogP contribution in [0.5, 0.6) is 5.88 Å². The third-order valence-corrected chi connectivity index (χ3v) is 4.31. The Morgan fingerprint density at radius 1 is 1.24 bits per heavy atom. The standard InChI is InChI=1S/C19H18ClN7O2/c1-25(22)19(28)27(23)17-4-2-3-13(11-21)16(17)12-29-18-9-10-26(24-18)15-7-5-14(20)6-8-15/h2-10H,12,22-23H2,1H3. The lowest BCUT2D eigenvalue weighted by Crippen LogP contribution is -2.49. The number of halogens is 1. The van der Waals surface area contributed by atoms with Gasteiger partial charge in [-0.2, -0.15) is 5.26 Å². The lowest BCUT2D eigenvalue weighted by molar-refractivity contribution is 0.216. The topological polar surface area (TPSA) is 126 Å². The van der Waals surface area contributed by atoms with Crippen LogP contribution in [0.25, 0.3) is 5.69 Å². The maximum atomic E-state index is 12.1. The molecule has 0 aliphatic carbocycles. The monoisotopic (exact) mass is 411 g/mol. The van der Waals surface area contributed by atoms with Crippen molar-refractivity contribution in [3.05, 3.63) is 70.9 Å². The number of hydrazine groups is 2. The number of rotatable bonds is 5. The van der Waals surface area contributed by atoms with Crippen molar-refractivity contribution in [3.63, 3.8) is 0 Å². The lowest BCUT2D eigenvalue weighted by Gasteiger charge is -2.23. The number of anilines is 1. The van der Waals surface area contributed by atoms with Gasteiger partial charge in [0.05, 0.1) is 23.0 Å². The van der Waals surface area contributed by atoms with Crippen molar-refractivity contribution in [2.45, 2.75) is 6.61 Å². The molecule has 3 rings (SSSR count). The van der Waals surface area contributed by atoms with Crippen LogP contribution in [-0.4, -0.2) is 27.9 Å². The number of ether oxygens (including phenoxy) is 1. The molecule has 4 N–H and O–H groups in total. The molecule has 2 amide bonds. The molecule has 3 aromatic rings. The van der Waals surface area contributed by atoms with Crippen molar-refractivity contribution >= 4 is 23.3 Å². The molecule has 0 spiro atoms. The van der Waals surface area contributed by atoms with Gasteiger partial charge in [0.1, 0.15) is 6.61 Å². The van der Waals surface area contributed by atoms with Crippen LogP contribution in [0.2, 0.25) is 5.02 Å². The van der Waals surface area contributed by atoms with Gasteiger partial charge in [-0.25, -0.2) is 26.2 Å². The highest BCUT2D eigenvalue weighted by molar-refractivity contribution is 6.30. The number of benzene rings is 2. The van der Waals surface area contributed by atoms with E-state index in [0.717, 1.165) is 15.7 Å². The molecule has 1 heterocycles. The molecule has 0 aliphatic heterocycles. The van der Waals surface area contributed by atoms with Crippen molar-refractivity contribution in [3.8, 4) is 17.6 Å². The largest absolute Gasteiger partial charge is 0.472 e. The second-order valence-electron chi connectivity index (χ2n) is 6.04. The molecule has 0 saturated carbocycles. The number of carbonyl (C=O) groups is 1. The Morgan fingerprint density at radius 3 is 2.62 bits per heavy atom. The van der Waals surface area contributed by atoms with E-state index in [1.54, 1.807) is 47.3 Å². The van der Waals surface area contributed by atoms with E-state index in [9.17, 15) is 10.1 Å². The summed E-state index contributed by atoms with van der Waals surface area (Å²) in [5.74, 6) is 11.7. The van der Waals surface area contributed by atoms with Crippen LogP contribution < -0.4 is 21.4 Å². The molecule has 0 saturated heterocycles. The molecular formula is C19H18ClN7O2. The molecule has 1 aromatic heterocycles. The fourth-order valence-corrected chi connectivity index (χ4v) is 2.72. The second-order valence-corrected chi connectivity index (χ2v) is 6.48. The summed E-state index contributed by atoms with van der Waals surface area (Å²) in [6.07, 6.45) is 1.73. The lowest BCUT2D eigenvalue weighted by atomic mass is 10.1. The highest BCUT2D eigenvalue weighted by Crippen LogP contribution is 2.25. The summed E-state index contributed by atoms with van der Waals surface area (Å²) >= 11 is 5.90. The molecule has 0 bridgehead atoms. The molecule has 2 aromatic carbocycles. The van der Waals surface area contributed by atoms with Gasteiger partial charge < -0.3 is 4.74 Å². The van der Waals surface area contributed by atoms with Crippen molar-refractivity contribution in [1.82, 2.24) is 14.8 Å². The smallest absolute Gasteiger partial charge is 0.352 e. The summed E-state index contributed by atoms with van der Waals surface area (Å²) in [6.45, 7) is -0.0219. The maximum absolute atomic E-state index is 12.1. The summed E-state index contributed by atoms with van der Waals surface area (Å²) in [7, 11) is 1.37. The van der Waals surface area contributed by atoms with Crippen LogP contribution in [0, 0.1) is 11.3 Å². The van der Waals surface area contributed by atoms with E-state index >= 15 is 0 Å². The van der Waals surface area contributed by atoms with Gasteiger partial charge in [-0.15, -0.1) is 5.10 Å². The number of nitrogens with zero attached hydrogens (tertiary/aromatic N) is 5. The first-order valence-corrected chi connectivity index (χ1v) is 8.82. The summed E-state index contributed by atoms with van der Waals surface area (Å²) in [5.41, 5.74) is 1.88. The summed E-state index contributed by atoms with van der Waals surface area (Å²) < 4.78 is 7.37. The molecule has 10 heteroatoms. The zero-order valence-corrected chi connectivity index (χ0v) is 16.2. The minimum absolute atomic E-state index is 0.0219. The van der Waals surface area contributed by atoms with Crippen LogP contribution in [0.3, 0.4) is 0 Å². The average Bonchev–Trinajstić information content (AvgIpc) is 3.20. The highest BCUT2D eigenvalue weighted by atomic mass is 35.5. The number of nitriles is 1. The molecule has 0 aliphatic rings. The summed E-state index contributed by atoms with van der Waals surface area (Å²) in [5, 5.41) is 16.1. The fourth-order valence-electron chi connectivity index (χ4n) is 2.60. The molecule has 9 nitrogen and oxygen atoms in total. The third kappa shape index (κ3) is 4.47. The van der Waals surface area contributed by atoms with Gasteiger partial charge in [-0.05, 0) is 36.4 Å². The quantitative estimate of drug-likeness (QED) is 0.377. The van der Waals surface area contributed by atoms with Crippen molar-refractivity contribution in [2.75, 3.05) is 12.1 Å². The van der Waals surface area contributed by atoms with Crippen LogP contribution in [-0.2, 0) is 6.61 Å². The Morgan fingerprint density at radius 2 is 1.97 bits per heavy atom. The Hall–Kier alpha value is -3.58. The normalized spacial score (nSPS) is 10.3. The zero-order chi connectivity index (χ0) is 21.0. The summed E-state index contributed by atoms with van der Waals surface area (Å²) in [4.78, 5) is 12.1. The fraction of sp³-hybridized carbons (Fsp3) is 0.105. The van der Waals surface area contributed by atoms with Crippen LogP contribution in [0.1, 0.15) is 11.1 Å². The van der Waals surface area contributed by atoms with E-state index in [4.69, 9.17) is 28.0 Å². The van der Waals surface area contributed by atoms with Crippen LogP contribution >= 0.6 is 11.6 Å². The van der Waals surface area contributed by atoms with Gasteiger partial charge in [0, 0.05) is 29.9 Å². The Kier molecular flexibility index (Phi) is 5.99. The molecule has 0 radical (unpaired) electrons. The predicted octanol–water partition coefficient (Wildman–Crippen LogP) is 2.58. The number of nitrogens with two attached hydrogens (primary N) is 2. The van der Waals surface area contributed by atoms with E-state index in [1.165, 1.54) is 7.05 Å². The molecule has 0 unspecified atom stereocenters. The zero-order valence-electron chi connectivity index (χ0n) is 15.5. The van der Waals surface area contributed by atoms with Crippen molar-refractivity contribution in [1.29, 1.82) is 5.26 Å². The van der Waals surface area contributed by atoms with E-state index in [1.807, 2.05) is 12.1 Å². The minimum Gasteiger partial charge on any atom is -0.472 e. The molecule has 148 valence electrons. The number of hydrogen-bond acceptors (Lipinski definition) is 6. The third-order valence-electron chi connectivity index (χ3n) is 4.06. The van der Waals surface area contributed by atoms with E-state index in [0.29, 0.717) is 27.7 Å². The Bertz CT molecular complexity index is 1060. The number of hydrogen-bond donors (Lipinski definition) is 2. The second kappa shape index (κ2) is 8.62. The van der Waals surface area contributed by atoms with Gasteiger partial charge in [0.15, 0.2) is 0 Å². The molecular weight excluding hydrogens is 394 g/mol. The SMILES string of the molecule is CN(N)C(=O)N(N)c1cccc(C#N)c1COc1ccn(-c2ccc(Cl)cc2)n1. The van der Waals surface area contributed by atoms with Gasteiger partial charge in [0.2, 0.25) is 5.88 Å². The van der Waals surface area contributed by atoms with Gasteiger partial charge in [-0.1, -0.05) is 17.7 Å². The predicted molar refractivity (Wildman–Crippen MR) is 108 cm³/mol. The first-order chi connectivity index (χ1) is 13.9. The van der Waals surface area contributed by atoms with E-state index in [-0.39, 0.29) is 6.61 Å². The number of carbonyl (C=O) groups excluding carboxylic acids is 1. The molecule has 0 fully saturated rings. The number of urea groups is 1. The van der Waals surface area contributed by atoms with Crippen molar-refractivity contribution < 1.29 is 9.53 Å². The minimum atomic E-state index is -0.645. The van der Waals surface area contributed by atoms with Gasteiger partial charge in [-0.3, -0.25) is 5.01 Å². The van der Waals surface area contributed by atoms with E-state index in [2.05, 4.69) is 11.2 Å².